The summed E-state index contributed by atoms with van der Waals surface area (Å²) in [7, 11) is 0. The molecule has 4 aromatic rings. The molecule has 0 amide bonds. The second kappa shape index (κ2) is 7.78. The molecule has 1 aliphatic rings. The smallest absolute Gasteiger partial charge is 0.261 e. The summed E-state index contributed by atoms with van der Waals surface area (Å²) >= 11 is 6.18. The molecule has 3 heterocycles. The molecule has 0 bridgehead atoms. The molecular weight excluding hydrogens is 398 g/mol. The lowest BCUT2D eigenvalue weighted by Gasteiger charge is -2.24. The third-order valence-electron chi connectivity index (χ3n) is 6.02. The highest BCUT2D eigenvalue weighted by molar-refractivity contribution is 6.31. The van der Waals surface area contributed by atoms with Gasteiger partial charge in [0.15, 0.2) is 0 Å². The van der Waals surface area contributed by atoms with E-state index in [9.17, 15) is 4.79 Å². The van der Waals surface area contributed by atoms with Crippen LogP contribution in [0.2, 0.25) is 5.02 Å². The first-order chi connectivity index (χ1) is 14.6. The Morgan fingerprint density at radius 2 is 2.07 bits per heavy atom. The number of hydrogen-bond acceptors (Lipinski definition) is 4. The van der Waals surface area contributed by atoms with Crippen LogP contribution in [-0.4, -0.2) is 45.5 Å². The summed E-state index contributed by atoms with van der Waals surface area (Å²) in [5, 5.41) is 5.12. The predicted octanol–water partition coefficient (Wildman–Crippen LogP) is 4.62. The molecule has 0 spiro atoms. The number of nitrogens with zero attached hydrogens (tertiary/aromatic N) is 2. The Morgan fingerprint density at radius 3 is 2.90 bits per heavy atom. The minimum atomic E-state index is -0.190. The van der Waals surface area contributed by atoms with Crippen molar-refractivity contribution in [3.63, 3.8) is 0 Å². The predicted molar refractivity (Wildman–Crippen MR) is 123 cm³/mol. The van der Waals surface area contributed by atoms with Crippen molar-refractivity contribution in [3.05, 3.63) is 57.8 Å². The summed E-state index contributed by atoms with van der Waals surface area (Å²) in [4.78, 5) is 26.6. The van der Waals surface area contributed by atoms with Gasteiger partial charge in [-0.05, 0) is 56.3 Å². The van der Waals surface area contributed by atoms with Crippen molar-refractivity contribution in [1.29, 1.82) is 0 Å². The van der Waals surface area contributed by atoms with Crippen LogP contribution in [0.3, 0.4) is 0 Å². The molecular formula is C23H24ClN5O. The summed E-state index contributed by atoms with van der Waals surface area (Å²) in [6, 6.07) is 13.9. The Labute approximate surface area is 179 Å². The number of H-pyrrole nitrogens is 2. The van der Waals surface area contributed by atoms with Crippen molar-refractivity contribution in [2.45, 2.75) is 25.8 Å². The molecule has 7 heteroatoms. The van der Waals surface area contributed by atoms with Crippen LogP contribution in [0.4, 0.5) is 5.69 Å². The summed E-state index contributed by atoms with van der Waals surface area (Å²) in [5.41, 5.74) is 3.59. The Bertz CT molecular complexity index is 1240. The number of likely N-dealkylation sites (N-methyl/N-ethyl adjacent to an activating group) is 1. The third kappa shape index (κ3) is 3.36. The van der Waals surface area contributed by atoms with E-state index >= 15 is 0 Å². The van der Waals surface area contributed by atoms with Crippen LogP contribution in [0.1, 0.15) is 19.8 Å². The van der Waals surface area contributed by atoms with Gasteiger partial charge in [0.25, 0.3) is 5.56 Å². The number of aromatic amines is 2. The second-order valence-corrected chi connectivity index (χ2v) is 8.24. The highest BCUT2D eigenvalue weighted by Gasteiger charge is 2.24. The molecule has 1 aliphatic heterocycles. The Kier molecular flexibility index (Phi) is 4.97. The van der Waals surface area contributed by atoms with Crippen LogP contribution in [0, 0.1) is 0 Å². The van der Waals surface area contributed by atoms with Gasteiger partial charge in [0.05, 0.1) is 22.2 Å². The van der Waals surface area contributed by atoms with E-state index in [-0.39, 0.29) is 5.56 Å². The van der Waals surface area contributed by atoms with Crippen molar-refractivity contribution in [1.82, 2.24) is 19.9 Å². The number of halogens is 1. The summed E-state index contributed by atoms with van der Waals surface area (Å²) in [6.45, 7) is 5.14. The van der Waals surface area contributed by atoms with E-state index < -0.39 is 0 Å². The van der Waals surface area contributed by atoms with Crippen LogP contribution in [-0.2, 0) is 0 Å². The van der Waals surface area contributed by atoms with Gasteiger partial charge in [0, 0.05) is 23.0 Å². The molecule has 5 rings (SSSR count). The maximum atomic E-state index is 13.2. The molecule has 0 aliphatic carbocycles. The van der Waals surface area contributed by atoms with E-state index in [1.807, 2.05) is 36.4 Å². The Balaban J connectivity index is 1.65. The normalized spacial score (nSPS) is 17.2. The number of pyridine rings is 1. The molecule has 1 fully saturated rings. The minimum Gasteiger partial charge on any atom is -0.382 e. The number of fused-ring (bicyclic) bond motifs is 2. The maximum Gasteiger partial charge on any atom is 0.261 e. The number of likely N-dealkylation sites (tertiary alicyclic amines) is 1. The van der Waals surface area contributed by atoms with Crippen LogP contribution in [0.5, 0.6) is 0 Å². The van der Waals surface area contributed by atoms with Crippen molar-refractivity contribution in [2.75, 3.05) is 25.0 Å². The molecule has 6 nitrogen and oxygen atoms in total. The van der Waals surface area contributed by atoms with Gasteiger partial charge in [0.1, 0.15) is 11.4 Å². The van der Waals surface area contributed by atoms with E-state index in [2.05, 4.69) is 32.1 Å². The number of nitrogens with one attached hydrogen (secondary N) is 3. The zero-order valence-electron chi connectivity index (χ0n) is 16.8. The van der Waals surface area contributed by atoms with Crippen molar-refractivity contribution in [2.24, 2.45) is 0 Å². The molecule has 3 N–H and O–H groups in total. The fourth-order valence-electron chi connectivity index (χ4n) is 4.51. The molecule has 1 saturated heterocycles. The van der Waals surface area contributed by atoms with E-state index in [0.29, 0.717) is 28.0 Å². The van der Waals surface area contributed by atoms with E-state index in [1.54, 1.807) is 6.07 Å². The van der Waals surface area contributed by atoms with Gasteiger partial charge < -0.3 is 15.3 Å². The van der Waals surface area contributed by atoms with Crippen LogP contribution < -0.4 is 10.9 Å². The minimum absolute atomic E-state index is 0.190. The van der Waals surface area contributed by atoms with Crippen LogP contribution in [0.15, 0.2) is 47.3 Å². The summed E-state index contributed by atoms with van der Waals surface area (Å²) < 4.78 is 0. The van der Waals surface area contributed by atoms with Crippen molar-refractivity contribution >= 4 is 39.2 Å². The van der Waals surface area contributed by atoms with Gasteiger partial charge in [-0.3, -0.25) is 9.69 Å². The summed E-state index contributed by atoms with van der Waals surface area (Å²) in [5.74, 6) is 0.565. The third-order valence-corrected chi connectivity index (χ3v) is 6.26. The number of para-hydroxylation sites is 2. The highest BCUT2D eigenvalue weighted by Crippen LogP contribution is 2.32. The first-order valence-corrected chi connectivity index (χ1v) is 10.8. The SMILES string of the molecule is CCN1CCC[C@H]1CNc1c(-c2nc3ccccc3[nH]2)c(=O)[nH]c2cc(Cl)ccc12. The number of benzene rings is 2. The van der Waals surface area contributed by atoms with E-state index in [1.165, 1.54) is 6.42 Å². The van der Waals surface area contributed by atoms with Crippen molar-refractivity contribution < 1.29 is 0 Å². The van der Waals surface area contributed by atoms with Crippen molar-refractivity contribution in [3.8, 4) is 11.4 Å². The average Bonchev–Trinajstić information content (AvgIpc) is 3.37. The standard InChI is InChI=1S/C23H24ClN5O/c1-2-29-11-5-6-15(29)13-25-21-16-10-9-14(24)12-19(16)28-23(30)20(21)22-26-17-7-3-4-8-18(17)27-22/h3-4,7-10,12,15H,2,5-6,11,13H2,1H3,(H,26,27)(H2,25,28,30)/t15-/m0/s1. The van der Waals surface area contributed by atoms with Gasteiger partial charge in [-0.15, -0.1) is 0 Å². The van der Waals surface area contributed by atoms with Gasteiger partial charge in [-0.2, -0.15) is 0 Å². The molecule has 0 radical (unpaired) electrons. The topological polar surface area (TPSA) is 76.8 Å². The fourth-order valence-corrected chi connectivity index (χ4v) is 4.69. The zero-order chi connectivity index (χ0) is 20.7. The fraction of sp³-hybridized carbons (Fsp3) is 0.304. The van der Waals surface area contributed by atoms with Gasteiger partial charge >= 0.3 is 0 Å². The number of rotatable bonds is 5. The monoisotopic (exact) mass is 421 g/mol. The van der Waals surface area contributed by atoms with Crippen LogP contribution >= 0.6 is 11.6 Å². The molecule has 30 heavy (non-hydrogen) atoms. The quantitative estimate of drug-likeness (QED) is 0.439. The first-order valence-electron chi connectivity index (χ1n) is 10.4. The van der Waals surface area contributed by atoms with Gasteiger partial charge in [-0.25, -0.2) is 4.98 Å². The average molecular weight is 422 g/mol. The lowest BCUT2D eigenvalue weighted by molar-refractivity contribution is 0.277. The lowest BCUT2D eigenvalue weighted by atomic mass is 10.1. The maximum absolute atomic E-state index is 13.2. The summed E-state index contributed by atoms with van der Waals surface area (Å²) in [6.07, 6.45) is 2.37. The van der Waals surface area contributed by atoms with Gasteiger partial charge in [0.2, 0.25) is 0 Å². The highest BCUT2D eigenvalue weighted by atomic mass is 35.5. The number of aromatic nitrogens is 3. The number of hydrogen-bond donors (Lipinski definition) is 3. The Hall–Kier alpha value is -2.83. The van der Waals surface area contributed by atoms with E-state index in [4.69, 9.17) is 11.6 Å². The first kappa shape index (κ1) is 19.2. The lowest BCUT2D eigenvalue weighted by Crippen LogP contribution is -2.35. The van der Waals surface area contributed by atoms with Gasteiger partial charge in [-0.1, -0.05) is 30.7 Å². The zero-order valence-corrected chi connectivity index (χ0v) is 17.6. The van der Waals surface area contributed by atoms with Crippen LogP contribution in [0.25, 0.3) is 33.3 Å². The molecule has 0 unspecified atom stereocenters. The largest absolute Gasteiger partial charge is 0.382 e. The van der Waals surface area contributed by atoms with E-state index in [0.717, 1.165) is 48.2 Å². The molecule has 1 atom stereocenters. The number of anilines is 1. The molecule has 2 aromatic carbocycles. The number of imidazole rings is 1. The Morgan fingerprint density at radius 1 is 1.20 bits per heavy atom. The molecule has 2 aromatic heterocycles. The molecule has 154 valence electrons. The second-order valence-electron chi connectivity index (χ2n) is 7.80. The molecule has 0 saturated carbocycles.